The Balaban J connectivity index is 1.69. The molecule has 0 aliphatic heterocycles. The first-order valence-electron chi connectivity index (χ1n) is 9.18. The smallest absolute Gasteiger partial charge is 0.322 e. The third-order valence-electron chi connectivity index (χ3n) is 4.44. The van der Waals surface area contributed by atoms with Crippen LogP contribution >= 0.6 is 0 Å². The molecule has 0 atom stereocenters. The molecule has 160 valence electrons. The molecule has 2 amide bonds. The average molecular weight is 424 g/mol. The molecule has 0 aliphatic carbocycles. The van der Waals surface area contributed by atoms with E-state index in [-0.39, 0.29) is 28.7 Å². The monoisotopic (exact) mass is 424 g/mol. The second kappa shape index (κ2) is 8.61. The first-order chi connectivity index (χ1) is 14.7. The Morgan fingerprint density at radius 1 is 1.13 bits per heavy atom. The number of furan rings is 1. The summed E-state index contributed by atoms with van der Waals surface area (Å²) in [5, 5.41) is 21.9. The molecule has 2 heterocycles. The van der Waals surface area contributed by atoms with Crippen molar-refractivity contribution in [2.45, 2.75) is 20.8 Å². The van der Waals surface area contributed by atoms with E-state index < -0.39 is 10.8 Å². The van der Waals surface area contributed by atoms with E-state index in [9.17, 15) is 19.7 Å². The van der Waals surface area contributed by atoms with Gasteiger partial charge < -0.3 is 9.73 Å². The predicted molar refractivity (Wildman–Crippen MR) is 112 cm³/mol. The fraction of sp³-hybridized carbons (Fsp3) is 0.200. The van der Waals surface area contributed by atoms with Crippen LogP contribution in [0.1, 0.15) is 45.0 Å². The maximum atomic E-state index is 12.4. The second-order valence-corrected chi connectivity index (χ2v) is 6.74. The minimum atomic E-state index is -0.744. The summed E-state index contributed by atoms with van der Waals surface area (Å²) in [5.41, 5.74) is 3.61. The lowest BCUT2D eigenvalue weighted by Crippen LogP contribution is -2.23. The van der Waals surface area contributed by atoms with Crippen molar-refractivity contribution in [2.75, 3.05) is 5.32 Å². The molecule has 0 saturated carbocycles. The number of benzene rings is 1. The number of nitrogens with zero attached hydrogens (tertiary/aromatic N) is 4. The summed E-state index contributed by atoms with van der Waals surface area (Å²) in [4.78, 5) is 35.1. The topological polar surface area (TPSA) is 145 Å². The summed E-state index contributed by atoms with van der Waals surface area (Å²) in [6, 6.07) is 10.1. The number of nitro groups is 1. The number of aryl methyl sites for hydroxylation is 3. The number of amides is 2. The highest BCUT2D eigenvalue weighted by Gasteiger charge is 2.29. The Labute approximate surface area is 176 Å². The quantitative estimate of drug-likeness (QED) is 0.353. The van der Waals surface area contributed by atoms with Gasteiger partial charge in [-0.05, 0) is 50.6 Å². The normalized spacial score (nSPS) is 11.3. The van der Waals surface area contributed by atoms with Gasteiger partial charge in [0.05, 0.1) is 10.6 Å². The Kier molecular flexibility index (Phi) is 5.95. The lowest BCUT2D eigenvalue weighted by molar-refractivity contribution is -0.385. The van der Waals surface area contributed by atoms with E-state index in [2.05, 4.69) is 20.9 Å². The largest absolute Gasteiger partial charge is 0.456 e. The first kappa shape index (κ1) is 21.4. The maximum Gasteiger partial charge on any atom is 0.322 e. The van der Waals surface area contributed by atoms with Gasteiger partial charge in [0.25, 0.3) is 11.8 Å². The van der Waals surface area contributed by atoms with E-state index in [4.69, 9.17) is 4.42 Å². The molecule has 11 nitrogen and oxygen atoms in total. The molecule has 3 rings (SSSR count). The van der Waals surface area contributed by atoms with E-state index in [0.717, 1.165) is 4.68 Å². The molecular weight excluding hydrogens is 404 g/mol. The Bertz CT molecular complexity index is 1190. The van der Waals surface area contributed by atoms with Gasteiger partial charge in [-0.2, -0.15) is 10.2 Å². The van der Waals surface area contributed by atoms with Crippen LogP contribution in [0.4, 0.5) is 11.4 Å². The highest BCUT2D eigenvalue weighted by atomic mass is 16.6. The number of hydrazone groups is 1. The Morgan fingerprint density at radius 3 is 2.39 bits per heavy atom. The van der Waals surface area contributed by atoms with Gasteiger partial charge in [0.1, 0.15) is 11.5 Å². The van der Waals surface area contributed by atoms with E-state index in [1.807, 2.05) is 0 Å². The number of carbonyl (C=O) groups excluding carboxylic acids is 2. The molecule has 0 spiro atoms. The summed E-state index contributed by atoms with van der Waals surface area (Å²) in [7, 11) is 1.45. The maximum absolute atomic E-state index is 12.4. The number of hydrogen-bond donors (Lipinski definition) is 2. The third kappa shape index (κ3) is 4.66. The van der Waals surface area contributed by atoms with Crippen molar-refractivity contribution in [3.63, 3.8) is 0 Å². The van der Waals surface area contributed by atoms with Crippen LogP contribution in [0, 0.1) is 24.0 Å². The second-order valence-electron chi connectivity index (χ2n) is 6.74. The number of hydrogen-bond acceptors (Lipinski definition) is 7. The molecule has 1 aromatic carbocycles. The van der Waals surface area contributed by atoms with E-state index >= 15 is 0 Å². The minimum Gasteiger partial charge on any atom is -0.456 e. The van der Waals surface area contributed by atoms with Gasteiger partial charge in [-0.25, -0.2) is 5.43 Å². The molecular formula is C20H20N6O5. The SMILES string of the molecule is C/C(=N\NC(=O)c1c([N+](=O)[O-])c(C)nn1C)c1ccc(NC(=O)c2ccc(C)o2)cc1. The van der Waals surface area contributed by atoms with Crippen molar-refractivity contribution in [3.05, 3.63) is 75.0 Å². The Hall–Kier alpha value is -4.28. The van der Waals surface area contributed by atoms with Crippen LogP contribution < -0.4 is 10.7 Å². The van der Waals surface area contributed by atoms with Gasteiger partial charge in [-0.15, -0.1) is 0 Å². The molecule has 0 aliphatic rings. The number of nitrogens with one attached hydrogen (secondary N) is 2. The zero-order valence-corrected chi connectivity index (χ0v) is 17.3. The van der Waals surface area contributed by atoms with Gasteiger partial charge in [0.2, 0.25) is 5.69 Å². The number of anilines is 1. The van der Waals surface area contributed by atoms with Crippen LogP contribution in [0.25, 0.3) is 0 Å². The van der Waals surface area contributed by atoms with Gasteiger partial charge >= 0.3 is 5.69 Å². The molecule has 3 aromatic rings. The van der Waals surface area contributed by atoms with Crippen molar-refractivity contribution in [3.8, 4) is 0 Å². The van der Waals surface area contributed by atoms with Crippen LogP contribution in [0.3, 0.4) is 0 Å². The van der Waals surface area contributed by atoms with Crippen LogP contribution in [-0.2, 0) is 7.05 Å². The molecule has 0 bridgehead atoms. The molecule has 31 heavy (non-hydrogen) atoms. The highest BCUT2D eigenvalue weighted by Crippen LogP contribution is 2.22. The summed E-state index contributed by atoms with van der Waals surface area (Å²) < 4.78 is 6.43. The summed E-state index contributed by atoms with van der Waals surface area (Å²) >= 11 is 0. The van der Waals surface area contributed by atoms with E-state index in [1.54, 1.807) is 50.2 Å². The lowest BCUT2D eigenvalue weighted by atomic mass is 10.1. The van der Waals surface area contributed by atoms with Gasteiger partial charge in [-0.3, -0.25) is 24.4 Å². The minimum absolute atomic E-state index is 0.140. The fourth-order valence-corrected chi connectivity index (χ4v) is 2.92. The van der Waals surface area contributed by atoms with Gasteiger partial charge in [0.15, 0.2) is 5.76 Å². The summed E-state index contributed by atoms with van der Waals surface area (Å²) in [6.45, 7) is 4.87. The third-order valence-corrected chi connectivity index (χ3v) is 4.44. The first-order valence-corrected chi connectivity index (χ1v) is 9.18. The molecule has 0 unspecified atom stereocenters. The van der Waals surface area contributed by atoms with Crippen molar-refractivity contribution >= 4 is 28.9 Å². The zero-order valence-electron chi connectivity index (χ0n) is 17.3. The summed E-state index contributed by atoms with van der Waals surface area (Å²) in [6.07, 6.45) is 0. The van der Waals surface area contributed by atoms with Crippen molar-refractivity contribution in [1.29, 1.82) is 0 Å². The van der Waals surface area contributed by atoms with E-state index in [1.165, 1.54) is 14.0 Å². The molecule has 0 radical (unpaired) electrons. The van der Waals surface area contributed by atoms with Crippen LogP contribution in [0.15, 0.2) is 45.9 Å². The summed E-state index contributed by atoms with van der Waals surface area (Å²) in [5.74, 6) is -0.263. The molecule has 11 heteroatoms. The van der Waals surface area contributed by atoms with Crippen molar-refractivity contribution < 1.29 is 18.9 Å². The Morgan fingerprint density at radius 2 is 1.81 bits per heavy atom. The van der Waals surface area contributed by atoms with Gasteiger partial charge in [0, 0.05) is 12.7 Å². The molecule has 2 N–H and O–H groups in total. The average Bonchev–Trinajstić information content (AvgIpc) is 3.28. The van der Waals surface area contributed by atoms with Crippen LogP contribution in [-0.4, -0.2) is 32.2 Å². The lowest BCUT2D eigenvalue weighted by Gasteiger charge is -2.06. The highest BCUT2D eigenvalue weighted by molar-refractivity contribution is 6.04. The van der Waals surface area contributed by atoms with Crippen LogP contribution in [0.5, 0.6) is 0 Å². The van der Waals surface area contributed by atoms with Gasteiger partial charge in [-0.1, -0.05) is 12.1 Å². The van der Waals surface area contributed by atoms with Crippen LogP contribution in [0.2, 0.25) is 0 Å². The number of rotatable bonds is 6. The molecule has 0 fully saturated rings. The predicted octanol–water partition coefficient (Wildman–Crippen LogP) is 2.94. The van der Waals surface area contributed by atoms with Crippen molar-refractivity contribution in [1.82, 2.24) is 15.2 Å². The number of carbonyl (C=O) groups is 2. The fourth-order valence-electron chi connectivity index (χ4n) is 2.92. The molecule has 0 saturated heterocycles. The molecule has 2 aromatic heterocycles. The standard InChI is InChI=1S/C20H20N6O5/c1-11-5-10-16(31-11)19(27)21-15-8-6-14(7-9-15)12(2)22-23-20(28)18-17(26(29)30)13(3)24-25(18)4/h5-10H,1-4H3,(H,21,27)(H,23,28)/b22-12+. The van der Waals surface area contributed by atoms with E-state index in [0.29, 0.717) is 22.7 Å². The number of aromatic nitrogens is 2. The van der Waals surface area contributed by atoms with Crippen molar-refractivity contribution in [2.24, 2.45) is 12.1 Å². The zero-order chi connectivity index (χ0) is 22.7.